The van der Waals surface area contributed by atoms with Gasteiger partial charge in [0.15, 0.2) is 0 Å². The first-order valence-electron chi connectivity index (χ1n) is 11.9. The van der Waals surface area contributed by atoms with Crippen molar-refractivity contribution in [3.8, 4) is 0 Å². The summed E-state index contributed by atoms with van der Waals surface area (Å²) < 4.78 is 0. The van der Waals surface area contributed by atoms with Gasteiger partial charge in [-0.25, -0.2) is 14.6 Å². The van der Waals surface area contributed by atoms with E-state index in [-0.39, 0.29) is 11.9 Å². The van der Waals surface area contributed by atoms with E-state index in [2.05, 4.69) is 22.0 Å². The van der Waals surface area contributed by atoms with E-state index in [1.807, 2.05) is 65.6 Å². The van der Waals surface area contributed by atoms with Crippen molar-refractivity contribution in [2.45, 2.75) is 44.3 Å². The molecule has 3 amide bonds. The van der Waals surface area contributed by atoms with E-state index in [1.54, 1.807) is 0 Å². The highest BCUT2D eigenvalue weighted by molar-refractivity contribution is 6.13. The number of para-hydroxylation sites is 2. The van der Waals surface area contributed by atoms with Crippen molar-refractivity contribution in [3.05, 3.63) is 84.2 Å². The predicted octanol–water partition coefficient (Wildman–Crippen LogP) is 5.07. The van der Waals surface area contributed by atoms with Gasteiger partial charge in [0.25, 0.3) is 5.79 Å². The fourth-order valence-corrected chi connectivity index (χ4v) is 5.82. The van der Waals surface area contributed by atoms with Crippen molar-refractivity contribution in [3.63, 3.8) is 0 Å². The van der Waals surface area contributed by atoms with E-state index in [4.69, 9.17) is 0 Å². The largest absolute Gasteiger partial charge is 0.339 e. The number of rotatable bonds is 4. The molecule has 0 unspecified atom stereocenters. The van der Waals surface area contributed by atoms with E-state index < -0.39 is 5.79 Å². The molecule has 168 valence electrons. The summed E-state index contributed by atoms with van der Waals surface area (Å²) >= 11 is 0. The Morgan fingerprint density at radius 1 is 0.667 bits per heavy atom. The molecule has 0 N–H and O–H groups in total. The Morgan fingerprint density at radius 2 is 1.18 bits per heavy atom. The Balaban J connectivity index is 1.59. The monoisotopic (exact) mass is 440 g/mol. The fourth-order valence-electron chi connectivity index (χ4n) is 5.82. The minimum Gasteiger partial charge on any atom is -0.321 e. The quantitative estimate of drug-likeness (QED) is 0.623. The van der Waals surface area contributed by atoms with E-state index in [0.29, 0.717) is 13.1 Å². The SMILES string of the molecule is O=C1N(C2=CCCC2)C(=O)C2(N1C1=CCCC1)N(c1ccccc1)CCN2c1ccccc1. The van der Waals surface area contributed by atoms with Crippen molar-refractivity contribution in [2.75, 3.05) is 22.9 Å². The number of carbonyl (C=O) groups excluding carboxylic acids is 2. The lowest BCUT2D eigenvalue weighted by Gasteiger charge is -2.45. The summed E-state index contributed by atoms with van der Waals surface area (Å²) in [5.74, 6) is -1.42. The summed E-state index contributed by atoms with van der Waals surface area (Å²) in [4.78, 5) is 36.2. The maximum Gasteiger partial charge on any atom is 0.339 e. The lowest BCUT2D eigenvalue weighted by molar-refractivity contribution is -0.131. The molecule has 0 radical (unpaired) electrons. The van der Waals surface area contributed by atoms with Gasteiger partial charge in [0.1, 0.15) is 0 Å². The molecular weight excluding hydrogens is 412 g/mol. The predicted molar refractivity (Wildman–Crippen MR) is 128 cm³/mol. The zero-order chi connectivity index (χ0) is 22.4. The molecule has 2 aliphatic carbocycles. The Labute approximate surface area is 194 Å². The third kappa shape index (κ3) is 2.86. The smallest absolute Gasteiger partial charge is 0.321 e. The first kappa shape index (κ1) is 20.1. The van der Waals surface area contributed by atoms with Crippen LogP contribution in [-0.2, 0) is 4.79 Å². The van der Waals surface area contributed by atoms with Crippen molar-refractivity contribution in [1.82, 2.24) is 9.80 Å². The van der Waals surface area contributed by atoms with Crippen LogP contribution in [0.25, 0.3) is 0 Å². The van der Waals surface area contributed by atoms with Crippen LogP contribution >= 0.6 is 0 Å². The molecule has 2 fully saturated rings. The number of hydrogen-bond donors (Lipinski definition) is 0. The van der Waals surface area contributed by atoms with Crippen LogP contribution in [0.3, 0.4) is 0 Å². The van der Waals surface area contributed by atoms with Gasteiger partial charge in [-0.3, -0.25) is 4.79 Å². The Hall–Kier alpha value is -3.54. The van der Waals surface area contributed by atoms with Gasteiger partial charge in [-0.1, -0.05) is 48.6 Å². The summed E-state index contributed by atoms with van der Waals surface area (Å²) in [6.45, 7) is 1.29. The van der Waals surface area contributed by atoms with Crippen LogP contribution in [0.15, 0.2) is 84.2 Å². The molecule has 1 spiro atoms. The average molecular weight is 441 g/mol. The lowest BCUT2D eigenvalue weighted by Crippen LogP contribution is -2.67. The second-order valence-electron chi connectivity index (χ2n) is 9.04. The number of carbonyl (C=O) groups is 2. The summed E-state index contributed by atoms with van der Waals surface area (Å²) in [7, 11) is 0. The van der Waals surface area contributed by atoms with E-state index in [9.17, 15) is 9.59 Å². The molecule has 6 heteroatoms. The summed E-state index contributed by atoms with van der Waals surface area (Å²) in [5.41, 5.74) is 3.70. The van der Waals surface area contributed by atoms with Crippen LogP contribution in [0.4, 0.5) is 16.2 Å². The van der Waals surface area contributed by atoms with Crippen molar-refractivity contribution < 1.29 is 9.59 Å². The standard InChI is InChI=1S/C27H28N4O2/c32-25-27(31(24-17-9-10-18-24)26(33)30(25)23-15-7-8-16-23)28(21-11-3-1-4-12-21)19-20-29(27)22-13-5-2-6-14-22/h1-6,11-15,17H,7-10,16,18-20H2. The molecule has 2 aliphatic heterocycles. The number of nitrogens with zero attached hydrogens (tertiary/aromatic N) is 4. The first-order chi connectivity index (χ1) is 16.2. The highest BCUT2D eigenvalue weighted by atomic mass is 16.2. The highest BCUT2D eigenvalue weighted by Crippen LogP contribution is 2.48. The van der Waals surface area contributed by atoms with Crippen LogP contribution in [0, 0.1) is 0 Å². The lowest BCUT2D eigenvalue weighted by atomic mass is 10.1. The summed E-state index contributed by atoms with van der Waals surface area (Å²) in [6, 6.07) is 19.9. The second kappa shape index (κ2) is 7.80. The molecule has 2 aromatic rings. The molecule has 0 saturated carbocycles. The number of benzene rings is 2. The Bertz CT molecular complexity index is 1090. The van der Waals surface area contributed by atoms with Gasteiger partial charge in [-0.05, 0) is 62.8 Å². The normalized spacial score (nSPS) is 22.1. The topological polar surface area (TPSA) is 47.1 Å². The van der Waals surface area contributed by atoms with Gasteiger partial charge >= 0.3 is 11.9 Å². The minimum absolute atomic E-state index is 0.168. The minimum atomic E-state index is -1.25. The molecule has 4 aliphatic rings. The van der Waals surface area contributed by atoms with E-state index in [0.717, 1.165) is 61.3 Å². The van der Waals surface area contributed by atoms with Crippen LogP contribution in [0.5, 0.6) is 0 Å². The number of urea groups is 1. The van der Waals surface area contributed by atoms with Crippen molar-refractivity contribution in [2.24, 2.45) is 0 Å². The Kier molecular flexibility index (Phi) is 4.75. The molecule has 0 bridgehead atoms. The Morgan fingerprint density at radius 3 is 1.67 bits per heavy atom. The van der Waals surface area contributed by atoms with Gasteiger partial charge in [0.05, 0.1) is 0 Å². The van der Waals surface area contributed by atoms with Gasteiger partial charge in [-0.15, -0.1) is 0 Å². The first-order valence-corrected chi connectivity index (χ1v) is 11.9. The fraction of sp³-hybridized carbons (Fsp3) is 0.333. The van der Waals surface area contributed by atoms with Crippen LogP contribution < -0.4 is 9.80 Å². The van der Waals surface area contributed by atoms with Gasteiger partial charge < -0.3 is 9.80 Å². The molecule has 2 saturated heterocycles. The van der Waals surface area contributed by atoms with Gasteiger partial charge in [0, 0.05) is 35.9 Å². The molecule has 0 atom stereocenters. The van der Waals surface area contributed by atoms with Crippen molar-refractivity contribution in [1.29, 1.82) is 0 Å². The van der Waals surface area contributed by atoms with E-state index >= 15 is 0 Å². The molecule has 2 heterocycles. The van der Waals surface area contributed by atoms with Crippen LogP contribution in [-0.4, -0.2) is 40.6 Å². The number of hydrogen-bond acceptors (Lipinski definition) is 4. The highest BCUT2D eigenvalue weighted by Gasteiger charge is 2.68. The number of imide groups is 1. The molecule has 6 nitrogen and oxygen atoms in total. The van der Waals surface area contributed by atoms with Crippen LogP contribution in [0.2, 0.25) is 0 Å². The maximum atomic E-state index is 14.6. The zero-order valence-corrected chi connectivity index (χ0v) is 18.7. The molecule has 33 heavy (non-hydrogen) atoms. The molecular formula is C27H28N4O2. The van der Waals surface area contributed by atoms with Gasteiger partial charge in [0.2, 0.25) is 0 Å². The van der Waals surface area contributed by atoms with Crippen LogP contribution in [0.1, 0.15) is 38.5 Å². The van der Waals surface area contributed by atoms with Gasteiger partial charge in [-0.2, -0.15) is 0 Å². The number of allylic oxidation sites excluding steroid dienone is 4. The molecule has 2 aromatic carbocycles. The second-order valence-corrected chi connectivity index (χ2v) is 9.04. The summed E-state index contributed by atoms with van der Waals surface area (Å²) in [6.07, 6.45) is 9.59. The van der Waals surface area contributed by atoms with E-state index in [1.165, 1.54) is 4.90 Å². The number of amides is 3. The maximum absolute atomic E-state index is 14.6. The number of anilines is 2. The molecule has 0 aromatic heterocycles. The summed E-state index contributed by atoms with van der Waals surface area (Å²) in [5, 5.41) is 0. The average Bonchev–Trinajstić information content (AvgIpc) is 3.64. The third-order valence-electron chi connectivity index (χ3n) is 7.23. The van der Waals surface area contributed by atoms with Crippen molar-refractivity contribution >= 4 is 23.3 Å². The molecule has 6 rings (SSSR count). The third-order valence-corrected chi connectivity index (χ3v) is 7.23. The zero-order valence-electron chi connectivity index (χ0n) is 18.7.